The van der Waals surface area contributed by atoms with Crippen LogP contribution in [-0.4, -0.2) is 115 Å². The highest BCUT2D eigenvalue weighted by molar-refractivity contribution is 7.91. The Labute approximate surface area is 214 Å². The lowest BCUT2D eigenvalue weighted by atomic mass is 10.0. The lowest BCUT2D eigenvalue weighted by Gasteiger charge is -2.39. The number of β-amino-alcohol motifs (C(OH)–C–C–N with tert-alkyl or cyclic N) is 1. The summed E-state index contributed by atoms with van der Waals surface area (Å²) in [5, 5.41) is 10.1. The van der Waals surface area contributed by atoms with Crippen molar-refractivity contribution in [1.82, 2.24) is 14.7 Å². The first-order chi connectivity index (χ1) is 16.8. The van der Waals surface area contributed by atoms with Crippen LogP contribution < -0.4 is 0 Å². The summed E-state index contributed by atoms with van der Waals surface area (Å²) in [6.45, 7) is 7.36. The Morgan fingerprint density at radius 2 is 1.69 bits per heavy atom. The van der Waals surface area contributed by atoms with Crippen LogP contribution in [0.15, 0.2) is 0 Å². The summed E-state index contributed by atoms with van der Waals surface area (Å²) >= 11 is 0. The van der Waals surface area contributed by atoms with Crippen LogP contribution in [0.5, 0.6) is 0 Å². The normalized spacial score (nSPS) is 24.6. The topological polar surface area (TPSA) is 134 Å². The average molecular weight is 532 g/mol. The molecule has 1 saturated carbocycles. The zero-order valence-corrected chi connectivity index (χ0v) is 22.7. The smallest absolute Gasteiger partial charge is 0.410 e. The number of hydrogen-bond donors (Lipinski definition) is 1. The first-order valence-corrected chi connectivity index (χ1v) is 14.7. The SMILES string of the molecule is CC(C)(C)OC(=O)N1CCCC(N(C(=O)CCC(=O)N2CCOCC2)C(C2CC2)S(C)(=O)=O)C(O)C1. The van der Waals surface area contributed by atoms with Gasteiger partial charge in [0.25, 0.3) is 0 Å². The van der Waals surface area contributed by atoms with Gasteiger partial charge in [-0.05, 0) is 52.4 Å². The highest BCUT2D eigenvalue weighted by Crippen LogP contribution is 2.40. The van der Waals surface area contributed by atoms with Gasteiger partial charge in [0, 0.05) is 38.7 Å². The molecule has 3 rings (SSSR count). The molecule has 3 amide bonds. The van der Waals surface area contributed by atoms with Crippen molar-refractivity contribution in [2.75, 3.05) is 45.6 Å². The summed E-state index contributed by atoms with van der Waals surface area (Å²) in [4.78, 5) is 43.2. The number of ether oxygens (including phenoxy) is 2. The van der Waals surface area contributed by atoms with Crippen LogP contribution >= 0.6 is 0 Å². The van der Waals surface area contributed by atoms with E-state index in [2.05, 4.69) is 0 Å². The van der Waals surface area contributed by atoms with Crippen molar-refractivity contribution in [3.8, 4) is 0 Å². The molecule has 1 aliphatic carbocycles. The fraction of sp³-hybridized carbons (Fsp3) is 0.875. The van der Waals surface area contributed by atoms with Gasteiger partial charge >= 0.3 is 6.09 Å². The first-order valence-electron chi connectivity index (χ1n) is 12.8. The van der Waals surface area contributed by atoms with Crippen LogP contribution in [0.3, 0.4) is 0 Å². The van der Waals surface area contributed by atoms with Gasteiger partial charge in [-0.3, -0.25) is 9.59 Å². The molecule has 3 atom stereocenters. The molecule has 0 aromatic rings. The van der Waals surface area contributed by atoms with Crippen molar-refractivity contribution in [2.45, 2.75) is 82.4 Å². The van der Waals surface area contributed by atoms with E-state index in [1.807, 2.05) is 0 Å². The minimum atomic E-state index is -3.67. The Kier molecular flexibility index (Phi) is 9.26. The van der Waals surface area contributed by atoms with E-state index in [0.717, 1.165) is 6.26 Å². The second kappa shape index (κ2) is 11.6. The summed E-state index contributed by atoms with van der Waals surface area (Å²) < 4.78 is 36.4. The summed E-state index contributed by atoms with van der Waals surface area (Å²) in [6, 6.07) is -0.788. The number of hydrogen-bond acceptors (Lipinski definition) is 8. The third-order valence-corrected chi connectivity index (χ3v) is 8.22. The molecule has 2 heterocycles. The summed E-state index contributed by atoms with van der Waals surface area (Å²) in [6.07, 6.45) is 1.39. The van der Waals surface area contributed by atoms with Crippen molar-refractivity contribution in [3.63, 3.8) is 0 Å². The fourth-order valence-corrected chi connectivity index (χ4v) is 6.59. The molecule has 0 bridgehead atoms. The van der Waals surface area contributed by atoms with Crippen LogP contribution in [0.1, 0.15) is 59.3 Å². The monoisotopic (exact) mass is 531 g/mol. The largest absolute Gasteiger partial charge is 0.444 e. The van der Waals surface area contributed by atoms with Gasteiger partial charge < -0.3 is 29.3 Å². The Hall–Kier alpha value is -1.92. The van der Waals surface area contributed by atoms with Crippen molar-refractivity contribution in [1.29, 1.82) is 0 Å². The maximum absolute atomic E-state index is 13.6. The number of likely N-dealkylation sites (tertiary alicyclic amines) is 1. The van der Waals surface area contributed by atoms with Gasteiger partial charge in [0.15, 0.2) is 9.84 Å². The molecular formula is C24H41N3O8S. The van der Waals surface area contributed by atoms with Crippen molar-refractivity contribution in [2.24, 2.45) is 5.92 Å². The van der Waals surface area contributed by atoms with E-state index in [0.29, 0.717) is 58.5 Å². The third-order valence-electron chi connectivity index (χ3n) is 6.73. The van der Waals surface area contributed by atoms with Gasteiger partial charge in [-0.15, -0.1) is 0 Å². The van der Waals surface area contributed by atoms with Crippen LogP contribution in [0.2, 0.25) is 0 Å². The number of carbonyl (C=O) groups excluding carboxylic acids is 3. The van der Waals surface area contributed by atoms with Crippen LogP contribution in [0.4, 0.5) is 4.79 Å². The van der Waals surface area contributed by atoms with E-state index in [1.54, 1.807) is 25.7 Å². The molecule has 206 valence electrons. The average Bonchev–Trinajstić information content (AvgIpc) is 3.62. The standard InChI is InChI=1S/C24H41N3O8S/c1-24(2,3)35-23(31)26-11-5-6-18(19(28)16-26)27(22(17-7-8-17)36(4,32)33)21(30)10-9-20(29)25-12-14-34-15-13-25/h17-19,22,28H,5-16H2,1-4H3. The molecule has 0 aromatic heterocycles. The van der Waals surface area contributed by atoms with Crippen molar-refractivity contribution < 1.29 is 37.4 Å². The molecule has 0 radical (unpaired) electrons. The molecule has 0 aromatic carbocycles. The minimum Gasteiger partial charge on any atom is -0.444 e. The van der Waals surface area contributed by atoms with Crippen molar-refractivity contribution in [3.05, 3.63) is 0 Å². The van der Waals surface area contributed by atoms with Gasteiger partial charge in [0.2, 0.25) is 11.8 Å². The number of carbonyl (C=O) groups is 3. The molecule has 3 unspecified atom stereocenters. The molecule has 3 aliphatic rings. The lowest BCUT2D eigenvalue weighted by molar-refractivity contribution is -0.142. The van der Waals surface area contributed by atoms with E-state index in [1.165, 1.54) is 9.80 Å². The van der Waals surface area contributed by atoms with Crippen molar-refractivity contribution >= 4 is 27.7 Å². The molecule has 12 heteroatoms. The zero-order valence-electron chi connectivity index (χ0n) is 21.8. The Balaban J connectivity index is 1.78. The Bertz CT molecular complexity index is 909. The van der Waals surface area contributed by atoms with Gasteiger partial charge in [-0.1, -0.05) is 0 Å². The number of rotatable bonds is 7. The molecule has 2 saturated heterocycles. The molecule has 11 nitrogen and oxygen atoms in total. The van der Waals surface area contributed by atoms with E-state index in [4.69, 9.17) is 9.47 Å². The summed E-state index contributed by atoms with van der Waals surface area (Å²) in [5.74, 6) is -0.837. The van der Waals surface area contributed by atoms with Gasteiger partial charge in [-0.25, -0.2) is 13.2 Å². The van der Waals surface area contributed by atoms with Gasteiger partial charge in [0.1, 0.15) is 11.0 Å². The fourth-order valence-electron chi connectivity index (χ4n) is 4.93. The Morgan fingerprint density at radius 3 is 2.25 bits per heavy atom. The maximum Gasteiger partial charge on any atom is 0.410 e. The summed E-state index contributed by atoms with van der Waals surface area (Å²) in [5.41, 5.74) is -0.698. The first kappa shape index (κ1) is 28.6. The minimum absolute atomic E-state index is 0.0384. The molecule has 3 fully saturated rings. The lowest BCUT2D eigenvalue weighted by Crippen LogP contribution is -2.57. The van der Waals surface area contributed by atoms with E-state index in [9.17, 15) is 27.9 Å². The Morgan fingerprint density at radius 1 is 1.06 bits per heavy atom. The second-order valence-corrected chi connectivity index (χ2v) is 13.2. The number of aliphatic hydroxyl groups excluding tert-OH is 1. The maximum atomic E-state index is 13.6. The second-order valence-electron chi connectivity index (χ2n) is 11.1. The molecule has 0 spiro atoms. The quantitative estimate of drug-likeness (QED) is 0.514. The zero-order chi connectivity index (χ0) is 26.7. The number of aliphatic hydroxyl groups is 1. The predicted molar refractivity (Wildman–Crippen MR) is 132 cm³/mol. The highest BCUT2D eigenvalue weighted by atomic mass is 32.2. The molecule has 36 heavy (non-hydrogen) atoms. The number of sulfone groups is 1. The van der Waals surface area contributed by atoms with Crippen LogP contribution in [0, 0.1) is 5.92 Å². The van der Waals surface area contributed by atoms with E-state index >= 15 is 0 Å². The number of amides is 3. The molecular weight excluding hydrogens is 490 g/mol. The van der Waals surface area contributed by atoms with Crippen LogP contribution in [-0.2, 0) is 28.9 Å². The summed E-state index contributed by atoms with van der Waals surface area (Å²) in [7, 11) is -3.67. The number of morpholine rings is 1. The van der Waals surface area contributed by atoms with E-state index < -0.39 is 45.0 Å². The molecule has 1 N–H and O–H groups in total. The predicted octanol–water partition coefficient (Wildman–Crippen LogP) is 0.995. The third kappa shape index (κ3) is 7.79. The highest BCUT2D eigenvalue weighted by Gasteiger charge is 2.48. The van der Waals surface area contributed by atoms with E-state index in [-0.39, 0.29) is 31.2 Å². The van der Waals surface area contributed by atoms with Crippen LogP contribution in [0.25, 0.3) is 0 Å². The molecule has 2 aliphatic heterocycles. The number of nitrogens with zero attached hydrogens (tertiary/aromatic N) is 3. The van der Waals surface area contributed by atoms with Gasteiger partial charge in [0.05, 0.1) is 31.9 Å². The van der Waals surface area contributed by atoms with Gasteiger partial charge in [-0.2, -0.15) is 0 Å².